The standard InChI is InChI=1S/C15H15ClN4O/c1-2-3-4-13-19-12(15(21)20-13)5-9-7-17-14-11(9)6-10(16)8-18-14/h5-8,21H,2-4H2,1H3,(H,19,20). The van der Waals surface area contributed by atoms with Crippen LogP contribution in [0.4, 0.5) is 5.82 Å². The van der Waals surface area contributed by atoms with Gasteiger partial charge in [0.15, 0.2) is 5.82 Å². The molecule has 0 saturated heterocycles. The van der Waals surface area contributed by atoms with Crippen molar-refractivity contribution in [3.8, 4) is 5.88 Å². The van der Waals surface area contributed by atoms with Gasteiger partial charge in [-0.2, -0.15) is 4.98 Å². The van der Waals surface area contributed by atoms with Crippen LogP contribution in [0.1, 0.15) is 36.8 Å². The highest BCUT2D eigenvalue weighted by atomic mass is 35.5. The Morgan fingerprint density at radius 1 is 1.43 bits per heavy atom. The smallest absolute Gasteiger partial charge is 0.237 e. The summed E-state index contributed by atoms with van der Waals surface area (Å²) in [7, 11) is 0. The summed E-state index contributed by atoms with van der Waals surface area (Å²) in [6.45, 7) is 2.12. The SMILES string of the molecule is CCCCc1nc(O)c(C=C2C=Nc3ncc(Cl)cc32)[nH]1. The fourth-order valence-corrected chi connectivity index (χ4v) is 2.37. The molecule has 3 rings (SSSR count). The monoisotopic (exact) mass is 302 g/mol. The summed E-state index contributed by atoms with van der Waals surface area (Å²) in [5.74, 6) is 1.43. The second kappa shape index (κ2) is 5.69. The molecule has 5 nitrogen and oxygen atoms in total. The zero-order chi connectivity index (χ0) is 14.8. The van der Waals surface area contributed by atoms with Gasteiger partial charge < -0.3 is 10.1 Å². The Labute approximate surface area is 127 Å². The van der Waals surface area contributed by atoms with Crippen molar-refractivity contribution in [2.75, 3.05) is 0 Å². The third-order valence-corrected chi connectivity index (χ3v) is 3.50. The first kappa shape index (κ1) is 13.8. The van der Waals surface area contributed by atoms with Crippen molar-refractivity contribution >= 4 is 35.3 Å². The van der Waals surface area contributed by atoms with Gasteiger partial charge in [0.25, 0.3) is 0 Å². The summed E-state index contributed by atoms with van der Waals surface area (Å²) in [6.07, 6.45) is 8.03. The Bertz CT molecular complexity index is 733. The van der Waals surface area contributed by atoms with Crippen LogP contribution in [0.5, 0.6) is 5.88 Å². The van der Waals surface area contributed by atoms with Crippen LogP contribution in [0.15, 0.2) is 17.3 Å². The van der Waals surface area contributed by atoms with Crippen molar-refractivity contribution in [2.45, 2.75) is 26.2 Å². The van der Waals surface area contributed by atoms with Gasteiger partial charge in [-0.3, -0.25) is 0 Å². The van der Waals surface area contributed by atoms with E-state index in [1.54, 1.807) is 12.4 Å². The molecule has 2 aromatic rings. The van der Waals surface area contributed by atoms with Crippen LogP contribution in [-0.4, -0.2) is 26.3 Å². The molecular formula is C15H15ClN4O. The van der Waals surface area contributed by atoms with E-state index >= 15 is 0 Å². The Kier molecular flexibility index (Phi) is 3.75. The molecule has 108 valence electrons. The molecule has 0 amide bonds. The summed E-state index contributed by atoms with van der Waals surface area (Å²) in [6, 6.07) is 1.81. The molecule has 2 aromatic heterocycles. The van der Waals surface area contributed by atoms with E-state index in [0.717, 1.165) is 36.2 Å². The van der Waals surface area contributed by atoms with E-state index in [-0.39, 0.29) is 5.88 Å². The zero-order valence-corrected chi connectivity index (χ0v) is 12.4. The minimum absolute atomic E-state index is 0.00504. The molecule has 0 atom stereocenters. The van der Waals surface area contributed by atoms with Crippen molar-refractivity contribution in [2.24, 2.45) is 4.99 Å². The van der Waals surface area contributed by atoms with Gasteiger partial charge in [-0.25, -0.2) is 9.98 Å². The molecule has 0 aromatic carbocycles. The van der Waals surface area contributed by atoms with Crippen LogP contribution in [0.25, 0.3) is 11.6 Å². The molecule has 0 spiro atoms. The molecule has 3 heterocycles. The van der Waals surface area contributed by atoms with Crippen LogP contribution in [-0.2, 0) is 6.42 Å². The lowest BCUT2D eigenvalue weighted by molar-refractivity contribution is 0.454. The molecule has 0 aliphatic carbocycles. The predicted molar refractivity (Wildman–Crippen MR) is 84.1 cm³/mol. The van der Waals surface area contributed by atoms with Gasteiger partial charge >= 0.3 is 0 Å². The van der Waals surface area contributed by atoms with Crippen molar-refractivity contribution in [3.05, 3.63) is 34.4 Å². The number of H-pyrrole nitrogens is 1. The number of aromatic hydroxyl groups is 1. The molecule has 0 unspecified atom stereocenters. The number of allylic oxidation sites excluding steroid dienone is 1. The van der Waals surface area contributed by atoms with Gasteiger partial charge in [0, 0.05) is 30.0 Å². The molecule has 1 aliphatic rings. The van der Waals surface area contributed by atoms with Crippen molar-refractivity contribution in [1.29, 1.82) is 0 Å². The summed E-state index contributed by atoms with van der Waals surface area (Å²) >= 11 is 5.97. The Balaban J connectivity index is 1.92. The highest BCUT2D eigenvalue weighted by molar-refractivity contribution is 6.31. The number of pyridine rings is 1. The van der Waals surface area contributed by atoms with Gasteiger partial charge in [0.2, 0.25) is 5.88 Å². The Hall–Kier alpha value is -2.14. The summed E-state index contributed by atoms with van der Waals surface area (Å²) in [5, 5.41) is 10.5. The maximum atomic E-state index is 9.92. The highest BCUT2D eigenvalue weighted by Gasteiger charge is 2.16. The quantitative estimate of drug-likeness (QED) is 0.903. The Morgan fingerprint density at radius 3 is 3.10 bits per heavy atom. The van der Waals surface area contributed by atoms with Gasteiger partial charge in [0.1, 0.15) is 11.5 Å². The average Bonchev–Trinajstić information content (AvgIpc) is 3.01. The molecule has 1 aliphatic heterocycles. The first-order chi connectivity index (χ1) is 10.2. The second-order valence-corrected chi connectivity index (χ2v) is 5.34. The molecule has 2 N–H and O–H groups in total. The molecule has 21 heavy (non-hydrogen) atoms. The van der Waals surface area contributed by atoms with E-state index in [0.29, 0.717) is 16.5 Å². The zero-order valence-electron chi connectivity index (χ0n) is 11.6. The number of nitrogens with zero attached hydrogens (tertiary/aromatic N) is 3. The summed E-state index contributed by atoms with van der Waals surface area (Å²) in [4.78, 5) is 15.7. The van der Waals surface area contributed by atoms with Crippen molar-refractivity contribution < 1.29 is 5.11 Å². The number of fused-ring (bicyclic) bond motifs is 1. The van der Waals surface area contributed by atoms with Crippen LogP contribution < -0.4 is 0 Å². The first-order valence-electron chi connectivity index (χ1n) is 6.87. The van der Waals surface area contributed by atoms with Gasteiger partial charge in [-0.1, -0.05) is 24.9 Å². The second-order valence-electron chi connectivity index (χ2n) is 4.91. The third kappa shape index (κ3) is 2.83. The molecule has 0 bridgehead atoms. The summed E-state index contributed by atoms with van der Waals surface area (Å²) in [5.41, 5.74) is 2.28. The maximum absolute atomic E-state index is 9.92. The van der Waals surface area contributed by atoms with Crippen molar-refractivity contribution in [1.82, 2.24) is 15.0 Å². The topological polar surface area (TPSA) is 74.2 Å². The van der Waals surface area contributed by atoms with E-state index in [4.69, 9.17) is 11.6 Å². The maximum Gasteiger partial charge on any atom is 0.237 e. The molecule has 0 saturated carbocycles. The fraction of sp³-hybridized carbons (Fsp3) is 0.267. The van der Waals surface area contributed by atoms with Crippen LogP contribution >= 0.6 is 11.6 Å². The number of hydrogen-bond donors (Lipinski definition) is 2. The molecule has 0 fully saturated rings. The first-order valence-corrected chi connectivity index (χ1v) is 7.24. The number of unbranched alkanes of at least 4 members (excludes halogenated alkanes) is 1. The van der Waals surface area contributed by atoms with Crippen LogP contribution in [0.2, 0.25) is 5.02 Å². The van der Waals surface area contributed by atoms with E-state index in [1.165, 1.54) is 0 Å². The normalized spacial score (nSPS) is 14.9. The molecular weight excluding hydrogens is 288 g/mol. The van der Waals surface area contributed by atoms with E-state index < -0.39 is 0 Å². The van der Waals surface area contributed by atoms with E-state index in [2.05, 4.69) is 26.9 Å². The molecule has 0 radical (unpaired) electrons. The van der Waals surface area contributed by atoms with Gasteiger partial charge in [0.05, 0.1) is 5.02 Å². The number of rotatable bonds is 4. The largest absolute Gasteiger partial charge is 0.492 e. The third-order valence-electron chi connectivity index (χ3n) is 3.30. The predicted octanol–water partition coefficient (Wildman–Crippen LogP) is 3.76. The number of hydrogen-bond acceptors (Lipinski definition) is 4. The Morgan fingerprint density at radius 2 is 2.29 bits per heavy atom. The fourth-order valence-electron chi connectivity index (χ4n) is 2.21. The lowest BCUT2D eigenvalue weighted by Crippen LogP contribution is -1.87. The number of nitrogens with one attached hydrogen (secondary N) is 1. The number of aryl methyl sites for hydroxylation is 1. The van der Waals surface area contributed by atoms with E-state index in [1.807, 2.05) is 12.1 Å². The number of aliphatic imine (C=N–C) groups is 1. The average molecular weight is 303 g/mol. The number of imidazole rings is 1. The number of aromatic amines is 1. The van der Waals surface area contributed by atoms with Crippen LogP contribution in [0.3, 0.4) is 0 Å². The molecule has 6 heteroatoms. The lowest BCUT2D eigenvalue weighted by Gasteiger charge is -1.99. The number of halogens is 1. The number of aromatic nitrogens is 3. The lowest BCUT2D eigenvalue weighted by atomic mass is 10.1. The highest BCUT2D eigenvalue weighted by Crippen LogP contribution is 2.33. The summed E-state index contributed by atoms with van der Waals surface area (Å²) < 4.78 is 0. The van der Waals surface area contributed by atoms with Crippen LogP contribution in [0, 0.1) is 0 Å². The van der Waals surface area contributed by atoms with E-state index in [9.17, 15) is 5.11 Å². The minimum atomic E-state index is 0.00504. The minimum Gasteiger partial charge on any atom is -0.492 e. The van der Waals surface area contributed by atoms with Gasteiger partial charge in [-0.05, 0) is 18.6 Å². The van der Waals surface area contributed by atoms with Gasteiger partial charge in [-0.15, -0.1) is 0 Å². The van der Waals surface area contributed by atoms with Crippen molar-refractivity contribution in [3.63, 3.8) is 0 Å².